The Bertz CT molecular complexity index is 1080. The van der Waals surface area contributed by atoms with E-state index in [-0.39, 0.29) is 6.04 Å². The van der Waals surface area contributed by atoms with Gasteiger partial charge >= 0.3 is 11.8 Å². The van der Waals surface area contributed by atoms with Crippen molar-refractivity contribution in [1.29, 1.82) is 0 Å². The standard InChI is InChI=1S/C28H33N5O2/c1-2-22-10-12-25(13-11-22)31-28(35)27(34)30-20-26(24-9-6-14-29-19-24)33-17-15-32(16-18-33)21-23-7-4-3-5-8-23/h3-14,19,26H,2,15-18,20-21H2,1H3,(H,30,34)(H,31,35)/t26-/m0/s1. The molecule has 0 radical (unpaired) electrons. The third-order valence-corrected chi connectivity index (χ3v) is 6.45. The number of hydrogen-bond donors (Lipinski definition) is 2. The minimum atomic E-state index is -0.660. The third-order valence-electron chi connectivity index (χ3n) is 6.45. The molecule has 182 valence electrons. The van der Waals surface area contributed by atoms with Gasteiger partial charge in [0.25, 0.3) is 0 Å². The zero-order valence-corrected chi connectivity index (χ0v) is 20.2. The lowest BCUT2D eigenvalue weighted by atomic mass is 10.1. The Balaban J connectivity index is 1.34. The van der Waals surface area contributed by atoms with Crippen LogP contribution in [0, 0.1) is 0 Å². The van der Waals surface area contributed by atoms with E-state index in [1.807, 2.05) is 48.7 Å². The number of pyridine rings is 1. The summed E-state index contributed by atoms with van der Waals surface area (Å²) < 4.78 is 0. The number of aryl methyl sites for hydroxylation is 1. The second-order valence-electron chi connectivity index (χ2n) is 8.81. The number of carbonyl (C=O) groups is 2. The first-order chi connectivity index (χ1) is 17.1. The number of rotatable bonds is 8. The fourth-order valence-corrected chi connectivity index (χ4v) is 4.39. The summed E-state index contributed by atoms with van der Waals surface area (Å²) in [6.45, 7) is 6.97. The predicted octanol–water partition coefficient (Wildman–Crippen LogP) is 3.26. The van der Waals surface area contributed by atoms with Gasteiger partial charge in [-0.05, 0) is 41.3 Å². The molecule has 35 heavy (non-hydrogen) atoms. The highest BCUT2D eigenvalue weighted by molar-refractivity contribution is 6.39. The Morgan fingerprint density at radius 1 is 0.886 bits per heavy atom. The molecule has 2 aromatic carbocycles. The van der Waals surface area contributed by atoms with E-state index in [4.69, 9.17) is 0 Å². The van der Waals surface area contributed by atoms with Crippen molar-refractivity contribution in [2.24, 2.45) is 0 Å². The molecule has 2 N–H and O–H groups in total. The van der Waals surface area contributed by atoms with Crippen LogP contribution < -0.4 is 10.6 Å². The fourth-order valence-electron chi connectivity index (χ4n) is 4.39. The Labute approximate surface area is 207 Å². The quantitative estimate of drug-likeness (QED) is 0.493. The van der Waals surface area contributed by atoms with Crippen molar-refractivity contribution in [2.75, 3.05) is 38.0 Å². The van der Waals surface area contributed by atoms with Gasteiger partial charge in [-0.2, -0.15) is 0 Å². The molecule has 0 saturated carbocycles. The number of amides is 2. The summed E-state index contributed by atoms with van der Waals surface area (Å²) in [6.07, 6.45) is 4.50. The molecule has 7 heteroatoms. The van der Waals surface area contributed by atoms with E-state index in [9.17, 15) is 9.59 Å². The Kier molecular flexibility index (Phi) is 8.59. The van der Waals surface area contributed by atoms with Gasteiger partial charge < -0.3 is 10.6 Å². The van der Waals surface area contributed by atoms with Crippen LogP contribution >= 0.6 is 0 Å². The molecule has 1 atom stereocenters. The lowest BCUT2D eigenvalue weighted by Gasteiger charge is -2.39. The Morgan fingerprint density at radius 3 is 2.29 bits per heavy atom. The first kappa shape index (κ1) is 24.6. The summed E-state index contributed by atoms with van der Waals surface area (Å²) in [5.74, 6) is -1.30. The predicted molar refractivity (Wildman–Crippen MR) is 138 cm³/mol. The monoisotopic (exact) mass is 471 g/mol. The summed E-state index contributed by atoms with van der Waals surface area (Å²) >= 11 is 0. The summed E-state index contributed by atoms with van der Waals surface area (Å²) in [5.41, 5.74) is 4.13. The van der Waals surface area contributed by atoms with Crippen molar-refractivity contribution in [1.82, 2.24) is 20.1 Å². The van der Waals surface area contributed by atoms with Gasteiger partial charge in [0.1, 0.15) is 0 Å². The van der Waals surface area contributed by atoms with E-state index in [2.05, 4.69) is 56.6 Å². The molecule has 4 rings (SSSR count). The average Bonchev–Trinajstić information content (AvgIpc) is 2.91. The number of benzene rings is 2. The van der Waals surface area contributed by atoms with Crippen LogP contribution in [0.1, 0.15) is 29.7 Å². The first-order valence-electron chi connectivity index (χ1n) is 12.2. The molecule has 2 amide bonds. The molecular formula is C28H33N5O2. The minimum absolute atomic E-state index is 0.0526. The highest BCUT2D eigenvalue weighted by Crippen LogP contribution is 2.22. The number of nitrogens with one attached hydrogen (secondary N) is 2. The number of nitrogens with zero attached hydrogens (tertiary/aromatic N) is 3. The number of aromatic nitrogens is 1. The summed E-state index contributed by atoms with van der Waals surface area (Å²) in [5, 5.41) is 5.52. The normalized spacial score (nSPS) is 15.3. The van der Waals surface area contributed by atoms with E-state index in [1.54, 1.807) is 6.20 Å². The van der Waals surface area contributed by atoms with Gasteiger partial charge in [0.15, 0.2) is 0 Å². The van der Waals surface area contributed by atoms with Crippen molar-refractivity contribution in [3.8, 4) is 0 Å². The summed E-state index contributed by atoms with van der Waals surface area (Å²) in [6, 6.07) is 21.9. The first-order valence-corrected chi connectivity index (χ1v) is 12.2. The smallest absolute Gasteiger partial charge is 0.313 e. The van der Waals surface area contributed by atoms with Gasteiger partial charge in [0.2, 0.25) is 0 Å². The van der Waals surface area contributed by atoms with E-state index in [0.717, 1.165) is 44.7 Å². The number of carbonyl (C=O) groups excluding carboxylic acids is 2. The summed E-state index contributed by atoms with van der Waals surface area (Å²) in [4.78, 5) is 34.1. The molecular weight excluding hydrogens is 438 g/mol. The van der Waals surface area contributed by atoms with Crippen molar-refractivity contribution >= 4 is 17.5 Å². The molecule has 1 aromatic heterocycles. The second-order valence-corrected chi connectivity index (χ2v) is 8.81. The van der Waals surface area contributed by atoms with Gasteiger partial charge in [-0.3, -0.25) is 24.4 Å². The lowest BCUT2D eigenvalue weighted by Crippen LogP contribution is -2.50. The number of anilines is 1. The molecule has 0 bridgehead atoms. The van der Waals surface area contributed by atoms with Crippen molar-refractivity contribution in [2.45, 2.75) is 25.9 Å². The Morgan fingerprint density at radius 2 is 1.63 bits per heavy atom. The Hall–Kier alpha value is -3.55. The molecule has 0 spiro atoms. The van der Waals surface area contributed by atoms with E-state index >= 15 is 0 Å². The van der Waals surface area contributed by atoms with Crippen LogP contribution in [0.4, 0.5) is 5.69 Å². The van der Waals surface area contributed by atoms with Gasteiger partial charge in [-0.15, -0.1) is 0 Å². The van der Waals surface area contributed by atoms with Gasteiger partial charge in [0.05, 0.1) is 6.04 Å². The minimum Gasteiger partial charge on any atom is -0.346 e. The molecule has 1 fully saturated rings. The van der Waals surface area contributed by atoms with E-state index < -0.39 is 11.8 Å². The zero-order valence-electron chi connectivity index (χ0n) is 20.2. The zero-order chi connectivity index (χ0) is 24.5. The number of hydrogen-bond acceptors (Lipinski definition) is 5. The van der Waals surface area contributed by atoms with Crippen molar-refractivity contribution in [3.63, 3.8) is 0 Å². The van der Waals surface area contributed by atoms with Crippen LogP contribution in [0.15, 0.2) is 79.1 Å². The molecule has 0 aliphatic carbocycles. The highest BCUT2D eigenvalue weighted by atomic mass is 16.2. The van der Waals surface area contributed by atoms with Crippen LogP contribution in [0.5, 0.6) is 0 Å². The molecule has 1 aliphatic heterocycles. The lowest BCUT2D eigenvalue weighted by molar-refractivity contribution is -0.136. The van der Waals surface area contributed by atoms with Crippen LogP contribution in [-0.4, -0.2) is 59.3 Å². The van der Waals surface area contributed by atoms with Gasteiger partial charge in [0, 0.05) is 57.3 Å². The molecule has 3 aromatic rings. The van der Waals surface area contributed by atoms with Gasteiger partial charge in [-0.1, -0.05) is 55.5 Å². The topological polar surface area (TPSA) is 77.6 Å². The van der Waals surface area contributed by atoms with Crippen LogP contribution in [-0.2, 0) is 22.6 Å². The maximum absolute atomic E-state index is 12.6. The van der Waals surface area contributed by atoms with Crippen molar-refractivity contribution in [3.05, 3.63) is 95.8 Å². The van der Waals surface area contributed by atoms with Gasteiger partial charge in [-0.25, -0.2) is 0 Å². The molecule has 1 saturated heterocycles. The third kappa shape index (κ3) is 6.97. The molecule has 0 unspecified atom stereocenters. The van der Waals surface area contributed by atoms with Crippen LogP contribution in [0.25, 0.3) is 0 Å². The van der Waals surface area contributed by atoms with Crippen LogP contribution in [0.2, 0.25) is 0 Å². The highest BCUT2D eigenvalue weighted by Gasteiger charge is 2.26. The molecule has 7 nitrogen and oxygen atoms in total. The SMILES string of the molecule is CCc1ccc(NC(=O)C(=O)NC[C@@H](c2cccnc2)N2CCN(Cc3ccccc3)CC2)cc1. The maximum atomic E-state index is 12.6. The molecule has 1 aliphatic rings. The van der Waals surface area contributed by atoms with Crippen molar-refractivity contribution < 1.29 is 9.59 Å². The maximum Gasteiger partial charge on any atom is 0.313 e. The van der Waals surface area contributed by atoms with Crippen LogP contribution in [0.3, 0.4) is 0 Å². The number of piperazine rings is 1. The van der Waals surface area contributed by atoms with E-state index in [0.29, 0.717) is 12.2 Å². The average molecular weight is 472 g/mol. The van der Waals surface area contributed by atoms with E-state index in [1.165, 1.54) is 11.1 Å². The summed E-state index contributed by atoms with van der Waals surface area (Å²) in [7, 11) is 0. The molecule has 2 heterocycles. The second kappa shape index (κ2) is 12.2. The largest absolute Gasteiger partial charge is 0.346 e. The fraction of sp³-hybridized carbons (Fsp3) is 0.321.